The van der Waals surface area contributed by atoms with Crippen LogP contribution < -0.4 is 4.74 Å². The third-order valence-electron chi connectivity index (χ3n) is 4.97. The first kappa shape index (κ1) is 15.8. The number of rotatable bonds is 3. The van der Waals surface area contributed by atoms with Crippen molar-refractivity contribution in [3.8, 4) is 23.0 Å². The average Bonchev–Trinajstić information content (AvgIpc) is 3.52. The number of fused-ring (bicyclic) bond motifs is 6. The van der Waals surface area contributed by atoms with Crippen molar-refractivity contribution in [1.82, 2.24) is 39.0 Å². The van der Waals surface area contributed by atoms with Crippen LogP contribution in [0.4, 0.5) is 0 Å². The van der Waals surface area contributed by atoms with Crippen LogP contribution in [0.1, 0.15) is 0 Å². The number of methoxy groups -OCH3 is 1. The summed E-state index contributed by atoms with van der Waals surface area (Å²) in [5.41, 5.74) is 4.01. The van der Waals surface area contributed by atoms with Gasteiger partial charge < -0.3 is 4.74 Å². The van der Waals surface area contributed by atoms with Crippen molar-refractivity contribution in [3.63, 3.8) is 0 Å². The van der Waals surface area contributed by atoms with Gasteiger partial charge in [0.15, 0.2) is 17.2 Å². The molecule has 0 aliphatic rings. The molecular weight excluding hydrogens is 368 g/mol. The van der Waals surface area contributed by atoms with E-state index in [0.717, 1.165) is 27.9 Å². The highest BCUT2D eigenvalue weighted by Crippen LogP contribution is 2.27. The van der Waals surface area contributed by atoms with Gasteiger partial charge in [0, 0.05) is 5.39 Å². The smallest absolute Gasteiger partial charge is 0.192 e. The summed E-state index contributed by atoms with van der Waals surface area (Å²) in [6.07, 6.45) is 5.39. The van der Waals surface area contributed by atoms with Crippen LogP contribution in [0, 0.1) is 0 Å². The number of ether oxygens (including phenoxy) is 1. The summed E-state index contributed by atoms with van der Waals surface area (Å²) in [5.74, 6) is 1.30. The Hall–Kier alpha value is -4.27. The van der Waals surface area contributed by atoms with Gasteiger partial charge in [0.1, 0.15) is 23.4 Å². The molecule has 0 fully saturated rings. The van der Waals surface area contributed by atoms with E-state index in [4.69, 9.17) is 4.74 Å². The van der Waals surface area contributed by atoms with Crippen LogP contribution >= 0.6 is 0 Å². The monoisotopic (exact) mass is 382 g/mol. The molecule has 0 radical (unpaired) electrons. The van der Waals surface area contributed by atoms with Gasteiger partial charge in [-0.05, 0) is 24.3 Å². The van der Waals surface area contributed by atoms with Gasteiger partial charge in [-0.15, -0.1) is 15.3 Å². The van der Waals surface area contributed by atoms with Crippen LogP contribution in [-0.2, 0) is 0 Å². The lowest BCUT2D eigenvalue weighted by Crippen LogP contribution is -1.98. The summed E-state index contributed by atoms with van der Waals surface area (Å²) in [6, 6.07) is 15.7. The number of hydrogen-bond acceptors (Lipinski definition) is 6. The first-order valence-electron chi connectivity index (χ1n) is 8.99. The number of aromatic nitrogens is 8. The number of nitrogens with zero attached hydrogens (tertiary/aromatic N) is 8. The molecule has 0 unspecified atom stereocenters. The van der Waals surface area contributed by atoms with Crippen LogP contribution in [0.5, 0.6) is 5.75 Å². The van der Waals surface area contributed by atoms with Crippen molar-refractivity contribution >= 4 is 22.2 Å². The third kappa shape index (κ3) is 2.18. The maximum absolute atomic E-state index is 5.43. The Balaban J connectivity index is 1.61. The molecule has 4 aromatic heterocycles. The topological polar surface area (TPSA) is 87.4 Å². The Morgan fingerprint density at radius 1 is 0.931 bits per heavy atom. The fraction of sp³-hybridized carbons (Fsp3) is 0.0500. The highest BCUT2D eigenvalue weighted by atomic mass is 16.5. The molecule has 29 heavy (non-hydrogen) atoms. The zero-order valence-electron chi connectivity index (χ0n) is 15.3. The summed E-state index contributed by atoms with van der Waals surface area (Å²) >= 11 is 0. The van der Waals surface area contributed by atoms with Crippen LogP contribution in [-0.4, -0.2) is 46.1 Å². The van der Waals surface area contributed by atoms with E-state index in [-0.39, 0.29) is 0 Å². The van der Waals surface area contributed by atoms with Gasteiger partial charge in [0.25, 0.3) is 0 Å². The molecule has 2 aromatic carbocycles. The minimum absolute atomic E-state index is 0.595. The Morgan fingerprint density at radius 3 is 2.72 bits per heavy atom. The SMILES string of the molecule is COc1ccccc1-n1cc(-c2nnc3c4ccccc4n4cncc4n23)nn1. The second-order valence-corrected chi connectivity index (χ2v) is 6.54. The zero-order chi connectivity index (χ0) is 19.4. The number of para-hydroxylation sites is 3. The second-order valence-electron chi connectivity index (χ2n) is 6.54. The summed E-state index contributed by atoms with van der Waals surface area (Å²) in [7, 11) is 1.63. The molecule has 140 valence electrons. The standard InChI is InChI=1S/C20H14N8O/c1-29-17-9-5-4-8-16(17)27-11-14(22-25-27)20-24-23-19-13-6-2-3-7-15(13)26-12-21-10-18(26)28(19)20/h2-12H,1H3. The van der Waals surface area contributed by atoms with Crippen LogP contribution in [0.2, 0.25) is 0 Å². The molecule has 0 saturated heterocycles. The first-order chi connectivity index (χ1) is 14.3. The fourth-order valence-electron chi connectivity index (χ4n) is 3.66. The van der Waals surface area contributed by atoms with Gasteiger partial charge in [0.05, 0.1) is 25.0 Å². The van der Waals surface area contributed by atoms with E-state index in [1.165, 1.54) is 0 Å². The molecule has 9 nitrogen and oxygen atoms in total. The maximum atomic E-state index is 5.43. The van der Waals surface area contributed by atoms with Gasteiger partial charge in [-0.3, -0.25) is 8.80 Å². The van der Waals surface area contributed by atoms with Crippen molar-refractivity contribution in [1.29, 1.82) is 0 Å². The number of benzene rings is 2. The van der Waals surface area contributed by atoms with Gasteiger partial charge in [-0.25, -0.2) is 9.67 Å². The van der Waals surface area contributed by atoms with Crippen molar-refractivity contribution in [2.75, 3.05) is 7.11 Å². The number of hydrogen-bond donors (Lipinski definition) is 0. The lowest BCUT2D eigenvalue weighted by atomic mass is 10.2. The predicted molar refractivity (Wildman–Crippen MR) is 106 cm³/mol. The quantitative estimate of drug-likeness (QED) is 0.468. The molecule has 0 aliphatic carbocycles. The van der Waals surface area contributed by atoms with Gasteiger partial charge in [-0.2, -0.15) is 0 Å². The average molecular weight is 382 g/mol. The molecule has 0 spiro atoms. The van der Waals surface area contributed by atoms with Gasteiger partial charge in [0.2, 0.25) is 0 Å². The number of imidazole rings is 1. The van der Waals surface area contributed by atoms with Crippen molar-refractivity contribution in [2.45, 2.75) is 0 Å². The van der Waals surface area contributed by atoms with Gasteiger partial charge >= 0.3 is 0 Å². The Morgan fingerprint density at radius 2 is 1.79 bits per heavy atom. The van der Waals surface area contributed by atoms with E-state index in [1.807, 2.05) is 63.5 Å². The Labute approximate surface area is 163 Å². The third-order valence-corrected chi connectivity index (χ3v) is 4.97. The minimum Gasteiger partial charge on any atom is -0.494 e. The van der Waals surface area contributed by atoms with Crippen LogP contribution in [0.3, 0.4) is 0 Å². The molecule has 0 bridgehead atoms. The predicted octanol–water partition coefficient (Wildman–Crippen LogP) is 2.79. The lowest BCUT2D eigenvalue weighted by molar-refractivity contribution is 0.411. The van der Waals surface area contributed by atoms with Crippen LogP contribution in [0.15, 0.2) is 67.3 Å². The Bertz CT molecular complexity index is 1510. The van der Waals surface area contributed by atoms with E-state index in [0.29, 0.717) is 17.3 Å². The maximum Gasteiger partial charge on any atom is 0.192 e. The molecule has 0 aliphatic heterocycles. The van der Waals surface area contributed by atoms with Crippen molar-refractivity contribution in [3.05, 3.63) is 67.3 Å². The molecule has 6 rings (SSSR count). The summed E-state index contributed by atoms with van der Waals surface area (Å²) in [4.78, 5) is 4.32. The molecule has 0 saturated carbocycles. The summed E-state index contributed by atoms with van der Waals surface area (Å²) < 4.78 is 11.1. The molecule has 4 heterocycles. The normalized spacial score (nSPS) is 11.6. The highest BCUT2D eigenvalue weighted by molar-refractivity contribution is 5.94. The van der Waals surface area contributed by atoms with E-state index in [2.05, 4.69) is 25.5 Å². The molecule has 9 heteroatoms. The van der Waals surface area contributed by atoms with Crippen LogP contribution in [0.25, 0.3) is 39.4 Å². The summed E-state index contributed by atoms with van der Waals surface area (Å²) in [5, 5.41) is 18.4. The molecular formula is C20H14N8O. The lowest BCUT2D eigenvalue weighted by Gasteiger charge is -2.06. The second kappa shape index (κ2) is 5.86. The van der Waals surface area contributed by atoms with Crippen molar-refractivity contribution < 1.29 is 4.74 Å². The molecule has 0 N–H and O–H groups in total. The summed E-state index contributed by atoms with van der Waals surface area (Å²) in [6.45, 7) is 0. The largest absolute Gasteiger partial charge is 0.494 e. The van der Waals surface area contributed by atoms with E-state index < -0.39 is 0 Å². The molecule has 6 aromatic rings. The molecule has 0 atom stereocenters. The fourth-order valence-corrected chi connectivity index (χ4v) is 3.66. The van der Waals surface area contributed by atoms with E-state index in [9.17, 15) is 0 Å². The minimum atomic E-state index is 0.595. The first-order valence-corrected chi connectivity index (χ1v) is 8.99. The molecule has 0 amide bonds. The van der Waals surface area contributed by atoms with Gasteiger partial charge in [-0.1, -0.05) is 29.5 Å². The van der Waals surface area contributed by atoms with E-state index in [1.54, 1.807) is 24.3 Å². The zero-order valence-corrected chi connectivity index (χ0v) is 15.3. The highest BCUT2D eigenvalue weighted by Gasteiger charge is 2.19. The van der Waals surface area contributed by atoms with Crippen molar-refractivity contribution in [2.24, 2.45) is 0 Å². The Kier molecular flexibility index (Phi) is 3.19. The van der Waals surface area contributed by atoms with E-state index >= 15 is 0 Å².